The van der Waals surface area contributed by atoms with Crippen molar-refractivity contribution in [2.75, 3.05) is 0 Å². The van der Waals surface area contributed by atoms with Gasteiger partial charge in [0.1, 0.15) is 0 Å². The summed E-state index contributed by atoms with van der Waals surface area (Å²) in [6.45, 7) is 3.54. The Morgan fingerprint density at radius 1 is 0.900 bits per heavy atom. The Kier molecular flexibility index (Phi) is 8.44. The average Bonchev–Trinajstić information content (AvgIpc) is 2.46. The van der Waals surface area contributed by atoms with E-state index in [1.165, 1.54) is 44.1 Å². The van der Waals surface area contributed by atoms with Gasteiger partial charge in [0.15, 0.2) is 0 Å². The summed E-state index contributed by atoms with van der Waals surface area (Å²) >= 11 is 0. The topological polar surface area (TPSA) is 37.3 Å². The molecule has 110 valence electrons. The molecule has 0 aliphatic carbocycles. The number of benzene rings is 1. The zero-order chi connectivity index (χ0) is 14.6. The molecule has 1 aromatic rings. The van der Waals surface area contributed by atoms with Gasteiger partial charge < -0.3 is 5.11 Å². The molecule has 0 saturated carbocycles. The Labute approximate surface area is 122 Å². The summed E-state index contributed by atoms with van der Waals surface area (Å²) in [6.07, 6.45) is 10.2. The first kappa shape index (κ1) is 16.5. The van der Waals surface area contributed by atoms with Gasteiger partial charge in [0.2, 0.25) is 0 Å². The maximum absolute atomic E-state index is 10.6. The molecule has 1 rings (SSSR count). The molecule has 1 N–H and O–H groups in total. The minimum absolute atomic E-state index is 0.341. The molecule has 0 fully saturated rings. The molecule has 0 aliphatic rings. The van der Waals surface area contributed by atoms with Gasteiger partial charge in [0.25, 0.3) is 0 Å². The van der Waals surface area contributed by atoms with Gasteiger partial charge in [-0.1, -0.05) is 69.0 Å². The van der Waals surface area contributed by atoms with E-state index in [9.17, 15) is 4.79 Å². The molecule has 0 bridgehead atoms. The van der Waals surface area contributed by atoms with Gasteiger partial charge >= 0.3 is 5.97 Å². The Balaban J connectivity index is 1.88. The van der Waals surface area contributed by atoms with Crippen molar-refractivity contribution in [1.29, 1.82) is 0 Å². The standard InChI is InChI=1S/C18H26O2/c1-16(18(19)20)12-8-5-3-2-4-6-9-13-17-14-10-7-11-15-17/h7,10-11,14-15H,1-6,8-9,12-13H2,(H,19,20). The maximum Gasteiger partial charge on any atom is 0.330 e. The SMILES string of the molecule is C=C(CCCCCCCCCc1ccccc1)C(=O)O. The molecule has 0 unspecified atom stereocenters. The summed E-state index contributed by atoms with van der Waals surface area (Å²) in [5, 5.41) is 8.68. The highest BCUT2D eigenvalue weighted by atomic mass is 16.4. The van der Waals surface area contributed by atoms with Gasteiger partial charge in [0, 0.05) is 5.57 Å². The van der Waals surface area contributed by atoms with Crippen LogP contribution >= 0.6 is 0 Å². The molecule has 0 saturated heterocycles. The average molecular weight is 274 g/mol. The van der Waals surface area contributed by atoms with Crippen molar-refractivity contribution in [1.82, 2.24) is 0 Å². The Hall–Kier alpha value is -1.57. The zero-order valence-electron chi connectivity index (χ0n) is 12.3. The third-order valence-corrected chi connectivity index (χ3v) is 3.59. The molecule has 0 aromatic heterocycles. The Morgan fingerprint density at radius 3 is 2.05 bits per heavy atom. The molecule has 0 heterocycles. The minimum atomic E-state index is -0.856. The molecule has 2 nitrogen and oxygen atoms in total. The van der Waals surface area contributed by atoms with E-state index in [2.05, 4.69) is 36.9 Å². The van der Waals surface area contributed by atoms with Crippen molar-refractivity contribution in [2.24, 2.45) is 0 Å². The number of hydrogen-bond acceptors (Lipinski definition) is 1. The minimum Gasteiger partial charge on any atom is -0.478 e. The van der Waals surface area contributed by atoms with Gasteiger partial charge in [-0.2, -0.15) is 0 Å². The van der Waals surface area contributed by atoms with Gasteiger partial charge in [-0.15, -0.1) is 0 Å². The van der Waals surface area contributed by atoms with Crippen LogP contribution in [0.15, 0.2) is 42.5 Å². The summed E-state index contributed by atoms with van der Waals surface area (Å²) in [6, 6.07) is 10.6. The van der Waals surface area contributed by atoms with Gasteiger partial charge in [-0.25, -0.2) is 4.79 Å². The highest BCUT2D eigenvalue weighted by Crippen LogP contribution is 2.13. The highest BCUT2D eigenvalue weighted by Gasteiger charge is 2.02. The van der Waals surface area contributed by atoms with E-state index in [1.807, 2.05) is 0 Å². The number of rotatable bonds is 11. The third-order valence-electron chi connectivity index (χ3n) is 3.59. The van der Waals surface area contributed by atoms with Crippen LogP contribution in [0.2, 0.25) is 0 Å². The van der Waals surface area contributed by atoms with Gasteiger partial charge in [0.05, 0.1) is 0 Å². The summed E-state index contributed by atoms with van der Waals surface area (Å²) in [5.74, 6) is -0.856. The lowest BCUT2D eigenvalue weighted by Crippen LogP contribution is -1.98. The molecule has 1 aromatic carbocycles. The fourth-order valence-electron chi connectivity index (χ4n) is 2.30. The number of carbonyl (C=O) groups is 1. The lowest BCUT2D eigenvalue weighted by molar-refractivity contribution is -0.132. The third kappa shape index (κ3) is 7.78. The largest absolute Gasteiger partial charge is 0.478 e. The number of carboxylic acids is 1. The van der Waals surface area contributed by atoms with Crippen LogP contribution in [0.5, 0.6) is 0 Å². The van der Waals surface area contributed by atoms with Crippen LogP contribution in [0.1, 0.15) is 56.9 Å². The number of hydrogen-bond donors (Lipinski definition) is 1. The van der Waals surface area contributed by atoms with Crippen molar-refractivity contribution in [3.8, 4) is 0 Å². The molecule has 20 heavy (non-hydrogen) atoms. The molecule has 0 spiro atoms. The van der Waals surface area contributed by atoms with E-state index in [0.717, 1.165) is 12.8 Å². The second-order valence-electron chi connectivity index (χ2n) is 5.37. The van der Waals surface area contributed by atoms with Gasteiger partial charge in [-0.3, -0.25) is 0 Å². The summed E-state index contributed by atoms with van der Waals surface area (Å²) in [7, 11) is 0. The van der Waals surface area contributed by atoms with Crippen LogP contribution < -0.4 is 0 Å². The van der Waals surface area contributed by atoms with Crippen LogP contribution in [0.3, 0.4) is 0 Å². The Morgan fingerprint density at radius 2 is 1.45 bits per heavy atom. The molecule has 0 aliphatic heterocycles. The smallest absolute Gasteiger partial charge is 0.330 e. The van der Waals surface area contributed by atoms with Gasteiger partial charge in [-0.05, 0) is 31.2 Å². The molecular formula is C18H26O2. The van der Waals surface area contributed by atoms with E-state index >= 15 is 0 Å². The fraction of sp³-hybridized carbons (Fsp3) is 0.500. The predicted molar refractivity (Wildman–Crippen MR) is 83.9 cm³/mol. The first-order chi connectivity index (χ1) is 9.70. The van der Waals surface area contributed by atoms with Crippen molar-refractivity contribution < 1.29 is 9.90 Å². The van der Waals surface area contributed by atoms with Crippen molar-refractivity contribution in [3.05, 3.63) is 48.0 Å². The summed E-state index contributed by atoms with van der Waals surface area (Å²) in [4.78, 5) is 10.6. The highest BCUT2D eigenvalue weighted by molar-refractivity contribution is 5.85. The van der Waals surface area contributed by atoms with Crippen LogP contribution in [0, 0.1) is 0 Å². The van der Waals surface area contributed by atoms with Crippen LogP contribution in [-0.4, -0.2) is 11.1 Å². The lowest BCUT2D eigenvalue weighted by Gasteiger charge is -2.03. The number of unbranched alkanes of at least 4 members (excludes halogenated alkanes) is 6. The Bertz CT molecular complexity index is 395. The lowest BCUT2D eigenvalue weighted by atomic mass is 10.0. The predicted octanol–water partition coefficient (Wildman–Crippen LogP) is 4.99. The molecule has 0 atom stereocenters. The summed E-state index contributed by atoms with van der Waals surface area (Å²) < 4.78 is 0. The number of aliphatic carboxylic acids is 1. The van der Waals surface area contributed by atoms with E-state index in [0.29, 0.717) is 12.0 Å². The van der Waals surface area contributed by atoms with Crippen LogP contribution in [0.4, 0.5) is 0 Å². The van der Waals surface area contributed by atoms with Crippen LogP contribution in [0.25, 0.3) is 0 Å². The van der Waals surface area contributed by atoms with E-state index in [-0.39, 0.29) is 0 Å². The summed E-state index contributed by atoms with van der Waals surface area (Å²) in [5.41, 5.74) is 1.77. The van der Waals surface area contributed by atoms with E-state index in [4.69, 9.17) is 5.11 Å². The number of carboxylic acid groups (broad SMARTS) is 1. The van der Waals surface area contributed by atoms with Crippen molar-refractivity contribution in [3.63, 3.8) is 0 Å². The monoisotopic (exact) mass is 274 g/mol. The van der Waals surface area contributed by atoms with Crippen molar-refractivity contribution in [2.45, 2.75) is 57.8 Å². The molecule has 2 heteroatoms. The first-order valence-electron chi connectivity index (χ1n) is 7.65. The second kappa shape index (κ2) is 10.2. The quantitative estimate of drug-likeness (QED) is 0.456. The van der Waals surface area contributed by atoms with Crippen LogP contribution in [-0.2, 0) is 11.2 Å². The fourth-order valence-corrected chi connectivity index (χ4v) is 2.30. The molecule has 0 amide bonds. The van der Waals surface area contributed by atoms with Crippen molar-refractivity contribution >= 4 is 5.97 Å². The maximum atomic E-state index is 10.6. The van der Waals surface area contributed by atoms with E-state index < -0.39 is 5.97 Å². The zero-order valence-corrected chi connectivity index (χ0v) is 12.3. The van der Waals surface area contributed by atoms with E-state index in [1.54, 1.807) is 0 Å². The normalized spacial score (nSPS) is 10.4. The first-order valence-corrected chi connectivity index (χ1v) is 7.65. The number of aryl methyl sites for hydroxylation is 1. The second-order valence-corrected chi connectivity index (χ2v) is 5.37. The molecular weight excluding hydrogens is 248 g/mol. The molecule has 0 radical (unpaired) electrons.